The van der Waals surface area contributed by atoms with Gasteiger partial charge in [-0.3, -0.25) is 14.3 Å². The van der Waals surface area contributed by atoms with E-state index < -0.39 is 29.1 Å². The molecule has 0 spiro atoms. The lowest BCUT2D eigenvalue weighted by Crippen LogP contribution is -2.36. The molecule has 0 aliphatic rings. The molecular weight excluding hydrogens is 331 g/mol. The molecule has 0 radical (unpaired) electrons. The monoisotopic (exact) mass is 348 g/mol. The van der Waals surface area contributed by atoms with Crippen LogP contribution >= 0.6 is 0 Å². The van der Waals surface area contributed by atoms with Crippen LogP contribution in [0.25, 0.3) is 0 Å². The van der Waals surface area contributed by atoms with Crippen LogP contribution in [0.5, 0.6) is 0 Å². The number of hydrogen-bond acceptors (Lipinski definition) is 4. The third-order valence-electron chi connectivity index (χ3n) is 3.46. The number of aromatic nitrogens is 2. The van der Waals surface area contributed by atoms with Crippen LogP contribution in [0.15, 0.2) is 36.7 Å². The van der Waals surface area contributed by atoms with Crippen LogP contribution in [0, 0.1) is 5.82 Å². The SMILES string of the molecule is CC(C)(C(=O)O)n1cc(NC(=O)CNC(=O)c2cccc(F)c2)cn1. The van der Waals surface area contributed by atoms with Crippen molar-refractivity contribution in [2.75, 3.05) is 11.9 Å². The van der Waals surface area contributed by atoms with Gasteiger partial charge in [0.2, 0.25) is 5.91 Å². The first-order valence-electron chi connectivity index (χ1n) is 7.32. The molecule has 0 saturated carbocycles. The maximum atomic E-state index is 13.1. The second kappa shape index (κ2) is 7.12. The van der Waals surface area contributed by atoms with E-state index in [0.717, 1.165) is 6.07 Å². The van der Waals surface area contributed by atoms with Gasteiger partial charge in [0.15, 0.2) is 5.54 Å². The van der Waals surface area contributed by atoms with Crippen LogP contribution in [0.3, 0.4) is 0 Å². The Morgan fingerprint density at radius 1 is 1.32 bits per heavy atom. The summed E-state index contributed by atoms with van der Waals surface area (Å²) in [6.45, 7) is 2.60. The molecule has 0 fully saturated rings. The van der Waals surface area contributed by atoms with Crippen LogP contribution in [0.4, 0.5) is 10.1 Å². The Kier molecular flexibility index (Phi) is 5.16. The Labute approximate surface area is 142 Å². The molecule has 2 aromatic rings. The number of halogens is 1. The van der Waals surface area contributed by atoms with E-state index in [0.29, 0.717) is 5.69 Å². The summed E-state index contributed by atoms with van der Waals surface area (Å²) in [7, 11) is 0. The lowest BCUT2D eigenvalue weighted by atomic mass is 10.1. The minimum Gasteiger partial charge on any atom is -0.479 e. The number of carboxylic acids is 1. The number of benzene rings is 1. The third kappa shape index (κ3) is 4.40. The summed E-state index contributed by atoms with van der Waals surface area (Å²) in [5.74, 6) is -2.74. The molecule has 8 nitrogen and oxygen atoms in total. The maximum absolute atomic E-state index is 13.1. The second-order valence-electron chi connectivity index (χ2n) is 5.78. The lowest BCUT2D eigenvalue weighted by molar-refractivity contribution is -0.146. The van der Waals surface area contributed by atoms with Gasteiger partial charge in [-0.25, -0.2) is 9.18 Å². The highest BCUT2D eigenvalue weighted by Gasteiger charge is 2.30. The average molecular weight is 348 g/mol. The highest BCUT2D eigenvalue weighted by molar-refractivity contribution is 5.99. The van der Waals surface area contributed by atoms with Gasteiger partial charge in [-0.05, 0) is 32.0 Å². The molecule has 1 aromatic carbocycles. The van der Waals surface area contributed by atoms with E-state index in [2.05, 4.69) is 15.7 Å². The van der Waals surface area contributed by atoms with Gasteiger partial charge in [0, 0.05) is 11.8 Å². The summed E-state index contributed by atoms with van der Waals surface area (Å²) >= 11 is 0. The summed E-state index contributed by atoms with van der Waals surface area (Å²) in [4.78, 5) is 34.8. The van der Waals surface area contributed by atoms with Gasteiger partial charge in [-0.1, -0.05) is 6.07 Å². The van der Waals surface area contributed by atoms with Gasteiger partial charge < -0.3 is 15.7 Å². The van der Waals surface area contributed by atoms with Crippen molar-refractivity contribution >= 4 is 23.5 Å². The van der Waals surface area contributed by atoms with Gasteiger partial charge >= 0.3 is 5.97 Å². The van der Waals surface area contributed by atoms with Gasteiger partial charge in [0.05, 0.1) is 18.4 Å². The summed E-state index contributed by atoms with van der Waals surface area (Å²) in [5.41, 5.74) is -0.877. The van der Waals surface area contributed by atoms with E-state index in [1.807, 2.05) is 0 Å². The molecule has 0 saturated heterocycles. The van der Waals surface area contributed by atoms with E-state index in [-0.39, 0.29) is 12.1 Å². The number of hydrogen-bond donors (Lipinski definition) is 3. The van der Waals surface area contributed by atoms with Gasteiger partial charge in [-0.2, -0.15) is 5.10 Å². The molecule has 1 aromatic heterocycles. The van der Waals surface area contributed by atoms with E-state index in [1.165, 1.54) is 49.1 Å². The zero-order chi connectivity index (χ0) is 18.6. The molecule has 0 atom stereocenters. The molecule has 0 aliphatic carbocycles. The largest absolute Gasteiger partial charge is 0.479 e. The third-order valence-corrected chi connectivity index (χ3v) is 3.46. The molecule has 132 valence electrons. The molecule has 0 aliphatic heterocycles. The Morgan fingerprint density at radius 3 is 2.68 bits per heavy atom. The number of carbonyl (C=O) groups excluding carboxylic acids is 2. The highest BCUT2D eigenvalue weighted by atomic mass is 19.1. The predicted octanol–water partition coefficient (Wildman–Crippen LogP) is 1.21. The number of carbonyl (C=O) groups is 3. The topological polar surface area (TPSA) is 113 Å². The standard InChI is InChI=1S/C16H17FN4O4/c1-16(2,15(24)25)21-9-12(7-19-21)20-13(22)8-18-14(23)10-4-3-5-11(17)6-10/h3-7,9H,8H2,1-2H3,(H,18,23)(H,20,22)(H,24,25). The fourth-order valence-electron chi connectivity index (χ4n) is 1.89. The Morgan fingerprint density at radius 2 is 2.04 bits per heavy atom. The first-order chi connectivity index (χ1) is 11.7. The average Bonchev–Trinajstić information content (AvgIpc) is 3.01. The molecular formula is C16H17FN4O4. The molecule has 1 heterocycles. The van der Waals surface area contributed by atoms with Crippen LogP contribution in [0.2, 0.25) is 0 Å². The Bertz CT molecular complexity index is 816. The maximum Gasteiger partial charge on any atom is 0.331 e. The van der Waals surface area contributed by atoms with Crippen LogP contribution < -0.4 is 10.6 Å². The molecule has 2 amide bonds. The van der Waals surface area contributed by atoms with E-state index in [9.17, 15) is 18.8 Å². The first-order valence-corrected chi connectivity index (χ1v) is 7.32. The molecule has 0 bridgehead atoms. The zero-order valence-corrected chi connectivity index (χ0v) is 13.6. The fourth-order valence-corrected chi connectivity index (χ4v) is 1.89. The number of amides is 2. The molecule has 2 rings (SSSR count). The highest BCUT2D eigenvalue weighted by Crippen LogP contribution is 2.17. The summed E-state index contributed by atoms with van der Waals surface area (Å²) in [6.07, 6.45) is 2.68. The number of nitrogens with zero attached hydrogens (tertiary/aromatic N) is 2. The molecule has 25 heavy (non-hydrogen) atoms. The van der Waals surface area contributed by atoms with Crippen molar-refractivity contribution in [2.24, 2.45) is 0 Å². The summed E-state index contributed by atoms with van der Waals surface area (Å²) < 4.78 is 14.3. The zero-order valence-electron chi connectivity index (χ0n) is 13.6. The molecule has 3 N–H and O–H groups in total. The Balaban J connectivity index is 1.92. The van der Waals surface area contributed by atoms with Crippen molar-refractivity contribution in [1.29, 1.82) is 0 Å². The van der Waals surface area contributed by atoms with E-state index >= 15 is 0 Å². The smallest absolute Gasteiger partial charge is 0.331 e. The van der Waals surface area contributed by atoms with Crippen LogP contribution in [-0.2, 0) is 15.1 Å². The summed E-state index contributed by atoms with van der Waals surface area (Å²) in [6, 6.07) is 5.09. The number of anilines is 1. The van der Waals surface area contributed by atoms with E-state index in [1.54, 1.807) is 0 Å². The lowest BCUT2D eigenvalue weighted by Gasteiger charge is -2.19. The van der Waals surface area contributed by atoms with Crippen molar-refractivity contribution in [3.05, 3.63) is 48.0 Å². The number of rotatable bonds is 6. The quantitative estimate of drug-likeness (QED) is 0.726. The predicted molar refractivity (Wildman–Crippen MR) is 86.5 cm³/mol. The van der Waals surface area contributed by atoms with Crippen molar-refractivity contribution in [3.8, 4) is 0 Å². The Hall–Kier alpha value is -3.23. The second-order valence-corrected chi connectivity index (χ2v) is 5.78. The van der Waals surface area contributed by atoms with Crippen molar-refractivity contribution in [1.82, 2.24) is 15.1 Å². The minimum absolute atomic E-state index is 0.101. The number of aliphatic carboxylic acids is 1. The van der Waals surface area contributed by atoms with Crippen LogP contribution in [-0.4, -0.2) is 39.2 Å². The minimum atomic E-state index is -1.27. The van der Waals surface area contributed by atoms with Crippen molar-refractivity contribution in [2.45, 2.75) is 19.4 Å². The van der Waals surface area contributed by atoms with Gasteiger partial charge in [-0.15, -0.1) is 0 Å². The number of nitrogens with one attached hydrogen (secondary N) is 2. The van der Waals surface area contributed by atoms with Crippen molar-refractivity contribution in [3.63, 3.8) is 0 Å². The van der Waals surface area contributed by atoms with Crippen molar-refractivity contribution < 1.29 is 23.9 Å². The first kappa shape index (κ1) is 18.1. The van der Waals surface area contributed by atoms with Crippen LogP contribution in [0.1, 0.15) is 24.2 Å². The fraction of sp³-hybridized carbons (Fsp3) is 0.250. The number of carboxylic acid groups (broad SMARTS) is 1. The molecule has 9 heteroatoms. The van der Waals surface area contributed by atoms with E-state index in [4.69, 9.17) is 5.11 Å². The van der Waals surface area contributed by atoms with Gasteiger partial charge in [0.25, 0.3) is 5.91 Å². The van der Waals surface area contributed by atoms with Gasteiger partial charge in [0.1, 0.15) is 5.82 Å². The summed E-state index contributed by atoms with van der Waals surface area (Å²) in [5, 5.41) is 17.9. The normalized spacial score (nSPS) is 11.0. The molecule has 0 unspecified atom stereocenters.